The first-order valence-electron chi connectivity index (χ1n) is 6.70. The van der Waals surface area contributed by atoms with E-state index in [9.17, 15) is 9.90 Å². The third-order valence-corrected chi connectivity index (χ3v) is 5.28. The molecule has 1 saturated heterocycles. The second-order valence-electron chi connectivity index (χ2n) is 5.05. The molecule has 1 unspecified atom stereocenters. The minimum atomic E-state index is -0.768. The molecule has 0 spiro atoms. The summed E-state index contributed by atoms with van der Waals surface area (Å²) < 4.78 is 1.71. The van der Waals surface area contributed by atoms with Crippen molar-refractivity contribution in [2.24, 2.45) is 5.41 Å². The summed E-state index contributed by atoms with van der Waals surface area (Å²) in [5, 5.41) is 21.3. The normalized spacial score (nSPS) is 19.8. The predicted molar refractivity (Wildman–Crippen MR) is 73.2 cm³/mol. The molecule has 2 heterocycles. The Morgan fingerprint density at radius 3 is 2.79 bits per heavy atom. The van der Waals surface area contributed by atoms with Gasteiger partial charge in [0.2, 0.25) is 0 Å². The number of aliphatic carboxylic acids is 1. The maximum atomic E-state index is 11.6. The maximum absolute atomic E-state index is 11.6. The first-order valence-corrected chi connectivity index (χ1v) is 7.85. The number of rotatable bonds is 6. The van der Waals surface area contributed by atoms with Crippen molar-refractivity contribution in [1.82, 2.24) is 20.2 Å². The van der Waals surface area contributed by atoms with Crippen LogP contribution in [0.15, 0.2) is 0 Å². The number of thioether (sulfide) groups is 1. The second kappa shape index (κ2) is 5.90. The standard InChI is InChI=1S/C12H20N4O2S/c1-3-12(4-2,11(17)18)8-16-10(13-14-15-16)9-5-6-19-7-9/h9H,3-8H2,1-2H3,(H,17,18). The third-order valence-electron chi connectivity index (χ3n) is 4.11. The molecule has 0 amide bonds. The van der Waals surface area contributed by atoms with Gasteiger partial charge in [-0.2, -0.15) is 11.8 Å². The van der Waals surface area contributed by atoms with Crippen LogP contribution in [0.3, 0.4) is 0 Å². The van der Waals surface area contributed by atoms with E-state index in [1.54, 1.807) is 4.68 Å². The highest BCUT2D eigenvalue weighted by molar-refractivity contribution is 7.99. The highest BCUT2D eigenvalue weighted by Gasteiger charge is 2.37. The minimum absolute atomic E-state index is 0.360. The molecular formula is C12H20N4O2S. The van der Waals surface area contributed by atoms with E-state index in [0.717, 1.165) is 23.8 Å². The zero-order valence-corrected chi connectivity index (χ0v) is 12.2. The summed E-state index contributed by atoms with van der Waals surface area (Å²) in [5.41, 5.74) is -0.768. The average Bonchev–Trinajstić information content (AvgIpc) is 3.06. The van der Waals surface area contributed by atoms with Crippen molar-refractivity contribution in [3.63, 3.8) is 0 Å². The molecule has 1 fully saturated rings. The molecule has 1 aliphatic rings. The van der Waals surface area contributed by atoms with Crippen LogP contribution >= 0.6 is 11.8 Å². The van der Waals surface area contributed by atoms with Crippen LogP contribution in [0.4, 0.5) is 0 Å². The lowest BCUT2D eigenvalue weighted by Crippen LogP contribution is -2.35. The molecule has 0 radical (unpaired) electrons. The number of aromatic nitrogens is 4. The van der Waals surface area contributed by atoms with Gasteiger partial charge in [-0.15, -0.1) is 5.10 Å². The number of nitrogens with zero attached hydrogens (tertiary/aromatic N) is 4. The average molecular weight is 284 g/mol. The minimum Gasteiger partial charge on any atom is -0.481 e. The topological polar surface area (TPSA) is 80.9 Å². The Balaban J connectivity index is 2.22. The summed E-state index contributed by atoms with van der Waals surface area (Å²) in [4.78, 5) is 11.6. The summed E-state index contributed by atoms with van der Waals surface area (Å²) in [6, 6.07) is 0. The van der Waals surface area contributed by atoms with E-state index in [4.69, 9.17) is 0 Å². The van der Waals surface area contributed by atoms with Crippen LogP contribution in [-0.4, -0.2) is 42.8 Å². The van der Waals surface area contributed by atoms with Gasteiger partial charge in [-0.1, -0.05) is 13.8 Å². The van der Waals surface area contributed by atoms with Gasteiger partial charge in [0.15, 0.2) is 5.82 Å². The van der Waals surface area contributed by atoms with E-state index in [2.05, 4.69) is 15.5 Å². The van der Waals surface area contributed by atoms with Crippen molar-refractivity contribution in [2.45, 2.75) is 45.6 Å². The van der Waals surface area contributed by atoms with Gasteiger partial charge in [0.05, 0.1) is 12.0 Å². The van der Waals surface area contributed by atoms with Gasteiger partial charge < -0.3 is 5.11 Å². The van der Waals surface area contributed by atoms with Crippen molar-refractivity contribution in [1.29, 1.82) is 0 Å². The molecule has 1 N–H and O–H groups in total. The van der Waals surface area contributed by atoms with Gasteiger partial charge in [-0.05, 0) is 35.4 Å². The molecule has 0 aliphatic carbocycles. The first kappa shape index (κ1) is 14.3. The summed E-state index contributed by atoms with van der Waals surface area (Å²) in [5.74, 6) is 2.60. The highest BCUT2D eigenvalue weighted by Crippen LogP contribution is 2.33. The number of hydrogen-bond donors (Lipinski definition) is 1. The van der Waals surface area contributed by atoms with E-state index < -0.39 is 11.4 Å². The zero-order valence-electron chi connectivity index (χ0n) is 11.4. The van der Waals surface area contributed by atoms with E-state index in [-0.39, 0.29) is 0 Å². The Hall–Kier alpha value is -1.11. The Morgan fingerprint density at radius 1 is 1.53 bits per heavy atom. The maximum Gasteiger partial charge on any atom is 0.311 e. The van der Waals surface area contributed by atoms with E-state index in [1.165, 1.54) is 0 Å². The molecule has 1 atom stereocenters. The Bertz CT molecular complexity index is 439. The van der Waals surface area contributed by atoms with Crippen LogP contribution < -0.4 is 0 Å². The second-order valence-corrected chi connectivity index (χ2v) is 6.20. The van der Waals surface area contributed by atoms with Crippen molar-refractivity contribution in [3.05, 3.63) is 5.82 Å². The van der Waals surface area contributed by atoms with Gasteiger partial charge in [0, 0.05) is 11.7 Å². The van der Waals surface area contributed by atoms with Gasteiger partial charge in [-0.3, -0.25) is 4.79 Å². The predicted octanol–water partition coefficient (Wildman–Crippen LogP) is 1.78. The molecule has 1 aromatic heterocycles. The van der Waals surface area contributed by atoms with Crippen molar-refractivity contribution < 1.29 is 9.90 Å². The zero-order chi connectivity index (χ0) is 13.9. The van der Waals surface area contributed by atoms with Gasteiger partial charge in [0.1, 0.15) is 0 Å². The Morgan fingerprint density at radius 2 is 2.26 bits per heavy atom. The smallest absolute Gasteiger partial charge is 0.311 e. The van der Waals surface area contributed by atoms with Crippen LogP contribution in [-0.2, 0) is 11.3 Å². The summed E-state index contributed by atoms with van der Waals surface area (Å²) in [6.07, 6.45) is 2.23. The fourth-order valence-electron chi connectivity index (χ4n) is 2.49. The molecule has 106 valence electrons. The molecule has 2 rings (SSSR count). The highest BCUT2D eigenvalue weighted by atomic mass is 32.2. The Kier molecular flexibility index (Phi) is 4.44. The first-order chi connectivity index (χ1) is 9.13. The number of carboxylic acid groups (broad SMARTS) is 1. The van der Waals surface area contributed by atoms with E-state index >= 15 is 0 Å². The lowest BCUT2D eigenvalue weighted by atomic mass is 9.82. The fourth-order valence-corrected chi connectivity index (χ4v) is 3.70. The lowest BCUT2D eigenvalue weighted by Gasteiger charge is -2.27. The van der Waals surface area contributed by atoms with Crippen LogP contribution in [0.2, 0.25) is 0 Å². The summed E-state index contributed by atoms with van der Waals surface area (Å²) in [6.45, 7) is 4.18. The molecule has 0 aromatic carbocycles. The summed E-state index contributed by atoms with van der Waals surface area (Å²) in [7, 11) is 0. The number of carboxylic acids is 1. The molecule has 1 aliphatic heterocycles. The van der Waals surface area contributed by atoms with Crippen LogP contribution in [0.5, 0.6) is 0 Å². The fraction of sp³-hybridized carbons (Fsp3) is 0.833. The molecular weight excluding hydrogens is 264 g/mol. The van der Waals surface area contributed by atoms with Crippen molar-refractivity contribution in [3.8, 4) is 0 Å². The third kappa shape index (κ3) is 2.75. The van der Waals surface area contributed by atoms with Crippen LogP contribution in [0, 0.1) is 5.41 Å². The quantitative estimate of drug-likeness (QED) is 0.857. The Labute approximate surface area is 117 Å². The molecule has 1 aromatic rings. The number of hydrogen-bond acceptors (Lipinski definition) is 5. The monoisotopic (exact) mass is 284 g/mol. The molecule has 19 heavy (non-hydrogen) atoms. The van der Waals surface area contributed by atoms with Crippen LogP contribution in [0.25, 0.3) is 0 Å². The molecule has 7 heteroatoms. The molecule has 0 saturated carbocycles. The van der Waals surface area contributed by atoms with Crippen molar-refractivity contribution >= 4 is 17.7 Å². The number of carbonyl (C=O) groups is 1. The van der Waals surface area contributed by atoms with Crippen molar-refractivity contribution in [2.75, 3.05) is 11.5 Å². The van der Waals surface area contributed by atoms with Gasteiger partial charge in [0.25, 0.3) is 0 Å². The van der Waals surface area contributed by atoms with Crippen LogP contribution in [0.1, 0.15) is 44.9 Å². The lowest BCUT2D eigenvalue weighted by molar-refractivity contribution is -0.150. The van der Waals surface area contributed by atoms with E-state index in [1.807, 2.05) is 25.6 Å². The largest absolute Gasteiger partial charge is 0.481 e. The van der Waals surface area contributed by atoms with Gasteiger partial charge >= 0.3 is 5.97 Å². The number of tetrazole rings is 1. The van der Waals surface area contributed by atoms with Gasteiger partial charge in [-0.25, -0.2) is 4.68 Å². The SMILES string of the molecule is CCC(CC)(Cn1nnnc1C1CCSC1)C(=O)O. The molecule has 0 bridgehead atoms. The molecule has 6 nitrogen and oxygen atoms in total. The summed E-state index contributed by atoms with van der Waals surface area (Å²) >= 11 is 1.90. The van der Waals surface area contributed by atoms with E-state index in [0.29, 0.717) is 25.3 Å².